The summed E-state index contributed by atoms with van der Waals surface area (Å²) >= 11 is 0. The summed E-state index contributed by atoms with van der Waals surface area (Å²) in [4.78, 5) is 35.7. The standard InChI is InChI=1S/C14H14O5/c1-7-5-8-9(13(17)18-2)6-10(7)14(12(8)16)4-3-11(15)19-14/h5-6,8,10H,3-4H2,1-2H3/t8-,10-,14-/m1/s1. The van der Waals surface area contributed by atoms with Gasteiger partial charge in [0.05, 0.1) is 13.0 Å². The molecule has 0 aromatic carbocycles. The molecule has 19 heavy (non-hydrogen) atoms. The van der Waals surface area contributed by atoms with Gasteiger partial charge in [-0.25, -0.2) is 4.79 Å². The van der Waals surface area contributed by atoms with Crippen molar-refractivity contribution in [2.45, 2.75) is 25.4 Å². The number of rotatable bonds is 1. The Morgan fingerprint density at radius 3 is 2.74 bits per heavy atom. The van der Waals surface area contributed by atoms with Crippen LogP contribution >= 0.6 is 0 Å². The van der Waals surface area contributed by atoms with Crippen molar-refractivity contribution in [3.05, 3.63) is 23.3 Å². The topological polar surface area (TPSA) is 69.7 Å². The third-order valence-electron chi connectivity index (χ3n) is 4.22. The van der Waals surface area contributed by atoms with Gasteiger partial charge in [0.25, 0.3) is 0 Å². The van der Waals surface area contributed by atoms with Gasteiger partial charge < -0.3 is 9.47 Å². The quantitative estimate of drug-likeness (QED) is 0.519. The maximum Gasteiger partial charge on any atom is 0.334 e. The molecule has 5 heteroatoms. The van der Waals surface area contributed by atoms with Crippen molar-refractivity contribution >= 4 is 17.7 Å². The zero-order valence-electron chi connectivity index (χ0n) is 10.8. The van der Waals surface area contributed by atoms with E-state index in [9.17, 15) is 14.4 Å². The summed E-state index contributed by atoms with van der Waals surface area (Å²) in [6, 6.07) is 0. The van der Waals surface area contributed by atoms with Crippen molar-refractivity contribution < 1.29 is 23.9 Å². The Morgan fingerprint density at radius 1 is 1.42 bits per heavy atom. The summed E-state index contributed by atoms with van der Waals surface area (Å²) in [5.41, 5.74) is 0.238. The lowest BCUT2D eigenvalue weighted by Gasteiger charge is -2.43. The van der Waals surface area contributed by atoms with Crippen molar-refractivity contribution in [3.8, 4) is 0 Å². The molecule has 0 radical (unpaired) electrons. The van der Waals surface area contributed by atoms with Gasteiger partial charge in [-0.1, -0.05) is 17.7 Å². The Bertz CT molecular complexity index is 556. The Labute approximate surface area is 110 Å². The maximum absolute atomic E-state index is 12.6. The van der Waals surface area contributed by atoms with Crippen LogP contribution in [0.3, 0.4) is 0 Å². The van der Waals surface area contributed by atoms with Crippen LogP contribution in [-0.4, -0.2) is 30.4 Å². The summed E-state index contributed by atoms with van der Waals surface area (Å²) in [6.45, 7) is 1.89. The van der Waals surface area contributed by atoms with Crippen molar-refractivity contribution in [1.29, 1.82) is 0 Å². The number of methoxy groups -OCH3 is 1. The van der Waals surface area contributed by atoms with E-state index in [0.717, 1.165) is 5.57 Å². The second-order valence-electron chi connectivity index (χ2n) is 5.21. The van der Waals surface area contributed by atoms with Crippen molar-refractivity contribution in [2.24, 2.45) is 11.8 Å². The summed E-state index contributed by atoms with van der Waals surface area (Å²) in [6.07, 6.45) is 4.15. The van der Waals surface area contributed by atoms with Gasteiger partial charge in [0, 0.05) is 24.3 Å². The highest BCUT2D eigenvalue weighted by Gasteiger charge is 2.60. The Hall–Kier alpha value is -1.91. The maximum atomic E-state index is 12.6. The highest BCUT2D eigenvalue weighted by molar-refractivity contribution is 6.07. The van der Waals surface area contributed by atoms with Gasteiger partial charge in [-0.05, 0) is 6.92 Å². The Balaban J connectivity index is 2.09. The predicted octanol–water partition coefficient (Wildman–Crippen LogP) is 0.937. The zero-order valence-corrected chi connectivity index (χ0v) is 10.8. The van der Waals surface area contributed by atoms with Gasteiger partial charge in [-0.15, -0.1) is 0 Å². The molecule has 0 aromatic rings. The second-order valence-corrected chi connectivity index (χ2v) is 5.21. The van der Waals surface area contributed by atoms with Crippen LogP contribution in [0.5, 0.6) is 0 Å². The van der Waals surface area contributed by atoms with Gasteiger partial charge >= 0.3 is 11.9 Å². The smallest absolute Gasteiger partial charge is 0.334 e. The first-order chi connectivity index (χ1) is 8.99. The number of hydrogen-bond donors (Lipinski definition) is 0. The molecular weight excluding hydrogens is 248 g/mol. The summed E-state index contributed by atoms with van der Waals surface area (Å²) in [7, 11) is 1.29. The molecule has 5 nitrogen and oxygen atoms in total. The number of hydrogen-bond acceptors (Lipinski definition) is 5. The number of carbonyl (C=O) groups excluding carboxylic acids is 3. The molecule has 100 valence electrons. The SMILES string of the molecule is COC(=O)C1=C[C@@H]2C(C)=C[C@H]1C(=O)[C@@]21CCC(=O)O1. The Kier molecular flexibility index (Phi) is 2.42. The predicted molar refractivity (Wildman–Crippen MR) is 63.9 cm³/mol. The van der Waals surface area contributed by atoms with Crippen molar-refractivity contribution in [3.63, 3.8) is 0 Å². The molecule has 2 bridgehead atoms. The van der Waals surface area contributed by atoms with Crippen molar-refractivity contribution in [2.75, 3.05) is 7.11 Å². The number of esters is 2. The van der Waals surface area contributed by atoms with Crippen LogP contribution in [0.25, 0.3) is 0 Å². The van der Waals surface area contributed by atoms with Crippen LogP contribution in [0.1, 0.15) is 19.8 Å². The van der Waals surface area contributed by atoms with Crippen LogP contribution in [0.4, 0.5) is 0 Å². The monoisotopic (exact) mass is 262 g/mol. The van der Waals surface area contributed by atoms with Crippen LogP contribution in [0, 0.1) is 11.8 Å². The minimum Gasteiger partial charge on any atom is -0.466 e. The largest absolute Gasteiger partial charge is 0.466 e. The highest BCUT2D eigenvalue weighted by Crippen LogP contribution is 2.50. The molecule has 0 amide bonds. The molecule has 1 spiro atoms. The van der Waals surface area contributed by atoms with Gasteiger partial charge in [-0.2, -0.15) is 0 Å². The minimum atomic E-state index is -1.09. The fourth-order valence-corrected chi connectivity index (χ4v) is 3.31. The fraction of sp³-hybridized carbons (Fsp3) is 0.500. The first-order valence-corrected chi connectivity index (χ1v) is 6.24. The molecular formula is C14H14O5. The average molecular weight is 262 g/mol. The van der Waals surface area contributed by atoms with E-state index in [0.29, 0.717) is 12.0 Å². The van der Waals surface area contributed by atoms with E-state index in [1.54, 1.807) is 12.2 Å². The summed E-state index contributed by atoms with van der Waals surface area (Å²) in [5, 5.41) is 0. The molecule has 4 rings (SSSR count). The lowest BCUT2D eigenvalue weighted by Crippen LogP contribution is -2.55. The molecule has 0 aromatic heterocycles. The van der Waals surface area contributed by atoms with Gasteiger partial charge in [0.2, 0.25) is 0 Å². The molecule has 1 aliphatic heterocycles. The van der Waals surface area contributed by atoms with E-state index in [2.05, 4.69) is 0 Å². The van der Waals surface area contributed by atoms with Gasteiger partial charge in [0.1, 0.15) is 0 Å². The third kappa shape index (κ3) is 1.44. The van der Waals surface area contributed by atoms with E-state index >= 15 is 0 Å². The van der Waals surface area contributed by atoms with E-state index in [-0.39, 0.29) is 24.1 Å². The Morgan fingerprint density at radius 2 is 2.16 bits per heavy atom. The first-order valence-electron chi connectivity index (χ1n) is 6.24. The van der Waals surface area contributed by atoms with Crippen LogP contribution < -0.4 is 0 Å². The van der Waals surface area contributed by atoms with E-state index in [4.69, 9.17) is 9.47 Å². The summed E-state index contributed by atoms with van der Waals surface area (Å²) < 4.78 is 10.0. The minimum absolute atomic E-state index is 0.197. The van der Waals surface area contributed by atoms with Crippen molar-refractivity contribution in [1.82, 2.24) is 0 Å². The van der Waals surface area contributed by atoms with E-state index in [1.807, 2.05) is 6.92 Å². The van der Waals surface area contributed by atoms with E-state index in [1.165, 1.54) is 7.11 Å². The van der Waals surface area contributed by atoms with Crippen LogP contribution in [-0.2, 0) is 23.9 Å². The lowest BCUT2D eigenvalue weighted by atomic mass is 9.62. The molecule has 0 unspecified atom stereocenters. The average Bonchev–Trinajstić information content (AvgIpc) is 2.77. The van der Waals surface area contributed by atoms with Crippen LogP contribution in [0.2, 0.25) is 0 Å². The number of ketones is 1. The first kappa shape index (κ1) is 12.1. The number of ether oxygens (including phenoxy) is 2. The number of Topliss-reactive ketones (excluding diaryl/α,β-unsaturated/α-hetero) is 1. The molecule has 0 N–H and O–H groups in total. The number of carbonyl (C=O) groups is 3. The molecule has 4 aliphatic rings. The van der Waals surface area contributed by atoms with Gasteiger partial charge in [-0.3, -0.25) is 9.59 Å². The molecule has 1 fully saturated rings. The van der Waals surface area contributed by atoms with E-state index < -0.39 is 17.5 Å². The van der Waals surface area contributed by atoms with Crippen LogP contribution in [0.15, 0.2) is 23.3 Å². The second kappa shape index (κ2) is 3.79. The molecule has 3 atom stereocenters. The fourth-order valence-electron chi connectivity index (χ4n) is 3.31. The normalized spacial score (nSPS) is 36.1. The third-order valence-corrected chi connectivity index (χ3v) is 4.22. The lowest BCUT2D eigenvalue weighted by molar-refractivity contribution is -0.163. The molecule has 0 saturated carbocycles. The summed E-state index contributed by atoms with van der Waals surface area (Å²) in [5.74, 6) is -2.03. The molecule has 1 saturated heterocycles. The molecule has 3 aliphatic carbocycles. The zero-order chi connectivity index (χ0) is 13.8. The highest BCUT2D eigenvalue weighted by atomic mass is 16.6. The number of allylic oxidation sites excluding steroid dienone is 1. The van der Waals surface area contributed by atoms with Gasteiger partial charge in [0.15, 0.2) is 11.4 Å². The molecule has 1 heterocycles.